The van der Waals surface area contributed by atoms with E-state index in [2.05, 4.69) is 5.32 Å². The summed E-state index contributed by atoms with van der Waals surface area (Å²) >= 11 is 0. The molecule has 0 aromatic carbocycles. The maximum absolute atomic E-state index is 11.2. The average molecular weight is 218 g/mol. The first-order chi connectivity index (χ1) is 6.85. The SMILES string of the molecule is CC(C)(C)OC(=O)NCCN(N)CCN. The number of hydrazine groups is 1. The minimum atomic E-state index is -0.469. The Kier molecular flexibility index (Phi) is 6.23. The van der Waals surface area contributed by atoms with E-state index < -0.39 is 11.7 Å². The molecule has 15 heavy (non-hydrogen) atoms. The lowest BCUT2D eigenvalue weighted by atomic mass is 10.2. The van der Waals surface area contributed by atoms with Gasteiger partial charge in [-0.05, 0) is 20.8 Å². The molecule has 0 unspecified atom stereocenters. The Morgan fingerprint density at radius 3 is 2.47 bits per heavy atom. The summed E-state index contributed by atoms with van der Waals surface area (Å²) < 4.78 is 5.05. The van der Waals surface area contributed by atoms with Crippen molar-refractivity contribution in [3.63, 3.8) is 0 Å². The first kappa shape index (κ1) is 14.2. The molecule has 0 saturated heterocycles. The highest BCUT2D eigenvalue weighted by Gasteiger charge is 2.15. The topological polar surface area (TPSA) is 93.6 Å². The normalized spacial score (nSPS) is 11.6. The number of nitrogens with two attached hydrogens (primary N) is 2. The van der Waals surface area contributed by atoms with Crippen LogP contribution >= 0.6 is 0 Å². The second kappa shape index (κ2) is 6.60. The highest BCUT2D eigenvalue weighted by Crippen LogP contribution is 2.05. The first-order valence-corrected chi connectivity index (χ1v) is 5.01. The standard InChI is InChI=1S/C9H22N4O2/c1-9(2,3)15-8(14)12-5-7-13(11)6-4-10/h4-7,10-11H2,1-3H3,(H,12,14). The van der Waals surface area contributed by atoms with Gasteiger partial charge in [0.05, 0.1) is 0 Å². The maximum Gasteiger partial charge on any atom is 0.407 e. The summed E-state index contributed by atoms with van der Waals surface area (Å²) in [6, 6.07) is 0. The third-order valence-corrected chi connectivity index (χ3v) is 1.48. The van der Waals surface area contributed by atoms with Crippen LogP contribution in [0.25, 0.3) is 0 Å². The molecule has 0 aromatic heterocycles. The van der Waals surface area contributed by atoms with Crippen LogP contribution in [-0.2, 0) is 4.74 Å². The van der Waals surface area contributed by atoms with Gasteiger partial charge < -0.3 is 15.8 Å². The predicted molar refractivity (Wildman–Crippen MR) is 59.1 cm³/mol. The number of nitrogens with zero attached hydrogens (tertiary/aromatic N) is 1. The Morgan fingerprint density at radius 2 is 2.00 bits per heavy atom. The number of amides is 1. The second-order valence-electron chi connectivity index (χ2n) is 4.25. The molecule has 0 atom stereocenters. The summed E-state index contributed by atoms with van der Waals surface area (Å²) in [6.45, 7) is 7.56. The van der Waals surface area contributed by atoms with Gasteiger partial charge in [0.1, 0.15) is 5.60 Å². The lowest BCUT2D eigenvalue weighted by molar-refractivity contribution is 0.0522. The smallest absolute Gasteiger partial charge is 0.407 e. The zero-order chi connectivity index (χ0) is 11.9. The van der Waals surface area contributed by atoms with Crippen LogP contribution in [0.4, 0.5) is 4.79 Å². The number of hydrogen-bond donors (Lipinski definition) is 3. The Morgan fingerprint density at radius 1 is 1.40 bits per heavy atom. The van der Waals surface area contributed by atoms with Crippen molar-refractivity contribution >= 4 is 6.09 Å². The largest absolute Gasteiger partial charge is 0.444 e. The fourth-order valence-electron chi connectivity index (χ4n) is 0.893. The van der Waals surface area contributed by atoms with E-state index in [0.717, 1.165) is 0 Å². The molecule has 0 fully saturated rings. The van der Waals surface area contributed by atoms with Gasteiger partial charge in [0.2, 0.25) is 0 Å². The molecule has 6 nitrogen and oxygen atoms in total. The molecular formula is C9H22N4O2. The Balaban J connectivity index is 3.55. The lowest BCUT2D eigenvalue weighted by Gasteiger charge is -2.20. The molecule has 0 aromatic rings. The number of carbonyl (C=O) groups excluding carboxylic acids is 1. The van der Waals surface area contributed by atoms with Crippen molar-refractivity contribution < 1.29 is 9.53 Å². The van der Waals surface area contributed by atoms with Gasteiger partial charge in [0.15, 0.2) is 0 Å². The van der Waals surface area contributed by atoms with Crippen molar-refractivity contribution in [1.29, 1.82) is 0 Å². The van der Waals surface area contributed by atoms with Gasteiger partial charge in [-0.15, -0.1) is 0 Å². The van der Waals surface area contributed by atoms with Gasteiger partial charge in [0.25, 0.3) is 0 Å². The number of carbonyl (C=O) groups is 1. The molecule has 6 heteroatoms. The summed E-state index contributed by atoms with van der Waals surface area (Å²) in [5.41, 5.74) is 4.84. The van der Waals surface area contributed by atoms with Crippen LogP contribution in [0.3, 0.4) is 0 Å². The van der Waals surface area contributed by atoms with Crippen molar-refractivity contribution in [3.8, 4) is 0 Å². The molecule has 0 saturated carbocycles. The Labute approximate surface area is 90.9 Å². The maximum atomic E-state index is 11.2. The van der Waals surface area contributed by atoms with E-state index in [4.69, 9.17) is 16.3 Å². The van der Waals surface area contributed by atoms with Crippen molar-refractivity contribution in [2.24, 2.45) is 11.6 Å². The quantitative estimate of drug-likeness (QED) is 0.433. The lowest BCUT2D eigenvalue weighted by Crippen LogP contribution is -2.42. The van der Waals surface area contributed by atoms with Crippen LogP contribution < -0.4 is 16.9 Å². The average Bonchev–Trinajstić information content (AvgIpc) is 2.00. The highest BCUT2D eigenvalue weighted by molar-refractivity contribution is 5.67. The zero-order valence-corrected chi connectivity index (χ0v) is 9.75. The fourth-order valence-corrected chi connectivity index (χ4v) is 0.893. The zero-order valence-electron chi connectivity index (χ0n) is 9.75. The first-order valence-electron chi connectivity index (χ1n) is 5.01. The third-order valence-electron chi connectivity index (χ3n) is 1.48. The molecule has 0 heterocycles. The summed E-state index contributed by atoms with van der Waals surface area (Å²) in [4.78, 5) is 11.2. The van der Waals surface area contributed by atoms with E-state index >= 15 is 0 Å². The van der Waals surface area contributed by atoms with Crippen LogP contribution in [0, 0.1) is 0 Å². The number of hydrogen-bond acceptors (Lipinski definition) is 5. The number of alkyl carbamates (subject to hydrolysis) is 1. The van der Waals surface area contributed by atoms with E-state index in [0.29, 0.717) is 26.2 Å². The van der Waals surface area contributed by atoms with E-state index in [-0.39, 0.29) is 0 Å². The van der Waals surface area contributed by atoms with Gasteiger partial charge in [-0.3, -0.25) is 5.84 Å². The van der Waals surface area contributed by atoms with Gasteiger partial charge in [-0.25, -0.2) is 9.80 Å². The fraction of sp³-hybridized carbons (Fsp3) is 0.889. The predicted octanol–water partition coefficient (Wildman–Crippen LogP) is -0.354. The van der Waals surface area contributed by atoms with Crippen molar-refractivity contribution in [1.82, 2.24) is 10.3 Å². The van der Waals surface area contributed by atoms with Crippen LogP contribution in [0.15, 0.2) is 0 Å². The summed E-state index contributed by atoms with van der Waals surface area (Å²) in [6.07, 6.45) is -0.427. The van der Waals surface area contributed by atoms with Crippen molar-refractivity contribution in [3.05, 3.63) is 0 Å². The van der Waals surface area contributed by atoms with Gasteiger partial charge in [-0.1, -0.05) is 0 Å². The molecule has 0 aliphatic carbocycles. The number of ether oxygens (including phenoxy) is 1. The van der Waals surface area contributed by atoms with E-state index in [1.54, 1.807) is 5.01 Å². The minimum Gasteiger partial charge on any atom is -0.444 e. The van der Waals surface area contributed by atoms with E-state index in [9.17, 15) is 4.79 Å². The Bertz CT molecular complexity index is 191. The summed E-state index contributed by atoms with van der Waals surface area (Å²) in [5, 5.41) is 4.16. The molecule has 0 radical (unpaired) electrons. The van der Waals surface area contributed by atoms with E-state index in [1.807, 2.05) is 20.8 Å². The number of nitrogens with one attached hydrogen (secondary N) is 1. The van der Waals surface area contributed by atoms with Crippen LogP contribution in [-0.4, -0.2) is 42.9 Å². The van der Waals surface area contributed by atoms with Crippen LogP contribution in [0.1, 0.15) is 20.8 Å². The minimum absolute atomic E-state index is 0.427. The molecular weight excluding hydrogens is 196 g/mol. The third kappa shape index (κ3) is 9.45. The molecule has 1 amide bonds. The van der Waals surface area contributed by atoms with Crippen LogP contribution in [0.2, 0.25) is 0 Å². The van der Waals surface area contributed by atoms with Crippen LogP contribution in [0.5, 0.6) is 0 Å². The summed E-state index contributed by atoms with van der Waals surface area (Å²) in [5.74, 6) is 5.56. The second-order valence-corrected chi connectivity index (χ2v) is 4.25. The van der Waals surface area contributed by atoms with Crippen molar-refractivity contribution in [2.75, 3.05) is 26.2 Å². The number of rotatable bonds is 5. The van der Waals surface area contributed by atoms with Gasteiger partial charge in [-0.2, -0.15) is 0 Å². The van der Waals surface area contributed by atoms with Crippen molar-refractivity contribution in [2.45, 2.75) is 26.4 Å². The van der Waals surface area contributed by atoms with E-state index in [1.165, 1.54) is 0 Å². The molecule has 90 valence electrons. The molecule has 0 aliphatic rings. The monoisotopic (exact) mass is 218 g/mol. The molecule has 5 N–H and O–H groups in total. The Hall–Kier alpha value is -0.850. The molecule has 0 aliphatic heterocycles. The summed E-state index contributed by atoms with van der Waals surface area (Å²) in [7, 11) is 0. The molecule has 0 spiro atoms. The highest BCUT2D eigenvalue weighted by atomic mass is 16.6. The van der Waals surface area contributed by atoms with Gasteiger partial charge in [0, 0.05) is 26.2 Å². The molecule has 0 rings (SSSR count). The molecule has 0 bridgehead atoms. The van der Waals surface area contributed by atoms with Gasteiger partial charge >= 0.3 is 6.09 Å².